The minimum absolute atomic E-state index is 0.117. The molecule has 1 aromatic rings. The standard InChI is InChI=1S/C13H17BrO/c1-13(2)10-5-4-6-11(14)9(10)7-8-12(13)15-3/h4-6,12H,7-8H2,1-3H3/t12-/m1/s1. The summed E-state index contributed by atoms with van der Waals surface area (Å²) in [6, 6.07) is 6.47. The number of halogens is 1. The molecular formula is C13H17BrO. The number of benzene rings is 1. The monoisotopic (exact) mass is 268 g/mol. The largest absolute Gasteiger partial charge is 0.381 e. The van der Waals surface area contributed by atoms with Gasteiger partial charge in [0.1, 0.15) is 0 Å². The van der Waals surface area contributed by atoms with Gasteiger partial charge in [-0.1, -0.05) is 41.9 Å². The van der Waals surface area contributed by atoms with Gasteiger partial charge < -0.3 is 4.74 Å². The second-order valence-corrected chi connectivity index (χ2v) is 5.60. The van der Waals surface area contributed by atoms with Gasteiger partial charge in [0.2, 0.25) is 0 Å². The molecule has 2 heteroatoms. The van der Waals surface area contributed by atoms with Crippen LogP contribution in [-0.2, 0) is 16.6 Å². The normalized spacial score (nSPS) is 23.6. The Morgan fingerprint density at radius 3 is 2.80 bits per heavy atom. The predicted molar refractivity (Wildman–Crippen MR) is 66.3 cm³/mol. The average Bonchev–Trinajstić information content (AvgIpc) is 2.19. The fraction of sp³-hybridized carbons (Fsp3) is 0.538. The van der Waals surface area contributed by atoms with Crippen LogP contribution in [0.15, 0.2) is 22.7 Å². The van der Waals surface area contributed by atoms with Gasteiger partial charge in [0.25, 0.3) is 0 Å². The average molecular weight is 269 g/mol. The summed E-state index contributed by atoms with van der Waals surface area (Å²) < 4.78 is 6.83. The second kappa shape index (κ2) is 3.91. The maximum atomic E-state index is 5.59. The highest BCUT2D eigenvalue weighted by Gasteiger charge is 2.37. The highest BCUT2D eigenvalue weighted by atomic mass is 79.9. The zero-order chi connectivity index (χ0) is 11.1. The van der Waals surface area contributed by atoms with Gasteiger partial charge >= 0.3 is 0 Å². The minimum atomic E-state index is 0.117. The second-order valence-electron chi connectivity index (χ2n) is 4.75. The van der Waals surface area contributed by atoms with E-state index in [0.29, 0.717) is 6.10 Å². The van der Waals surface area contributed by atoms with Crippen LogP contribution in [0.1, 0.15) is 31.4 Å². The van der Waals surface area contributed by atoms with Crippen LogP contribution in [0.25, 0.3) is 0 Å². The van der Waals surface area contributed by atoms with Crippen LogP contribution in [-0.4, -0.2) is 13.2 Å². The van der Waals surface area contributed by atoms with E-state index in [1.165, 1.54) is 15.6 Å². The third-order valence-corrected chi connectivity index (χ3v) is 4.30. The van der Waals surface area contributed by atoms with Crippen LogP contribution in [0.4, 0.5) is 0 Å². The summed E-state index contributed by atoms with van der Waals surface area (Å²) in [4.78, 5) is 0. The Bertz CT molecular complexity index is 371. The Morgan fingerprint density at radius 1 is 1.40 bits per heavy atom. The molecule has 0 unspecified atom stereocenters. The van der Waals surface area contributed by atoms with Gasteiger partial charge in [-0.3, -0.25) is 0 Å². The molecule has 0 bridgehead atoms. The lowest BCUT2D eigenvalue weighted by atomic mass is 9.70. The van der Waals surface area contributed by atoms with Crippen molar-refractivity contribution in [3.63, 3.8) is 0 Å². The topological polar surface area (TPSA) is 9.23 Å². The number of hydrogen-bond donors (Lipinski definition) is 0. The van der Waals surface area contributed by atoms with Crippen LogP contribution in [0.5, 0.6) is 0 Å². The van der Waals surface area contributed by atoms with E-state index >= 15 is 0 Å². The number of hydrogen-bond acceptors (Lipinski definition) is 1. The Balaban J connectivity index is 2.52. The minimum Gasteiger partial charge on any atom is -0.381 e. The summed E-state index contributed by atoms with van der Waals surface area (Å²) in [6.07, 6.45) is 2.55. The van der Waals surface area contributed by atoms with Gasteiger partial charge in [-0.05, 0) is 30.0 Å². The molecule has 0 aromatic heterocycles. The molecule has 15 heavy (non-hydrogen) atoms. The summed E-state index contributed by atoms with van der Waals surface area (Å²) in [6.45, 7) is 4.54. The fourth-order valence-corrected chi connectivity index (χ4v) is 3.20. The summed E-state index contributed by atoms with van der Waals surface area (Å²) >= 11 is 3.63. The highest BCUT2D eigenvalue weighted by Crippen LogP contribution is 2.40. The third-order valence-electron chi connectivity index (χ3n) is 3.56. The van der Waals surface area contributed by atoms with E-state index in [9.17, 15) is 0 Å². The zero-order valence-electron chi connectivity index (χ0n) is 9.51. The smallest absolute Gasteiger partial charge is 0.0665 e. The van der Waals surface area contributed by atoms with Crippen LogP contribution >= 0.6 is 15.9 Å². The Morgan fingerprint density at radius 2 is 2.13 bits per heavy atom. The van der Waals surface area contributed by atoms with Gasteiger partial charge in [-0.15, -0.1) is 0 Å². The molecule has 0 saturated carbocycles. The molecule has 0 amide bonds. The van der Waals surface area contributed by atoms with E-state index in [1.807, 2.05) is 7.11 Å². The summed E-state index contributed by atoms with van der Waals surface area (Å²) in [5.41, 5.74) is 3.00. The molecule has 0 aliphatic heterocycles. The molecule has 0 heterocycles. The Hall–Kier alpha value is -0.340. The van der Waals surface area contributed by atoms with Crippen LogP contribution in [0.3, 0.4) is 0 Å². The SMILES string of the molecule is CO[C@@H]1CCc2c(Br)cccc2C1(C)C. The van der Waals surface area contributed by atoms with Gasteiger partial charge in [0, 0.05) is 17.0 Å². The molecule has 1 nitrogen and oxygen atoms in total. The van der Waals surface area contributed by atoms with Crippen molar-refractivity contribution in [3.05, 3.63) is 33.8 Å². The first-order valence-electron chi connectivity index (χ1n) is 5.38. The van der Waals surface area contributed by atoms with Crippen molar-refractivity contribution >= 4 is 15.9 Å². The molecule has 0 fully saturated rings. The van der Waals surface area contributed by atoms with Gasteiger partial charge in [0.05, 0.1) is 6.10 Å². The maximum absolute atomic E-state index is 5.59. The first-order chi connectivity index (χ1) is 7.07. The number of rotatable bonds is 1. The first kappa shape index (κ1) is 11.2. The highest BCUT2D eigenvalue weighted by molar-refractivity contribution is 9.10. The quantitative estimate of drug-likeness (QED) is 0.755. The number of ether oxygens (including phenoxy) is 1. The molecule has 1 aromatic carbocycles. The van der Waals surface area contributed by atoms with Crippen LogP contribution < -0.4 is 0 Å². The molecule has 1 aliphatic rings. The zero-order valence-corrected chi connectivity index (χ0v) is 11.1. The van der Waals surface area contributed by atoms with Crippen molar-refractivity contribution < 1.29 is 4.74 Å². The van der Waals surface area contributed by atoms with Gasteiger partial charge in [0.15, 0.2) is 0 Å². The van der Waals surface area contributed by atoms with Crippen molar-refractivity contribution in [3.8, 4) is 0 Å². The molecular weight excluding hydrogens is 252 g/mol. The fourth-order valence-electron chi connectivity index (χ4n) is 2.64. The maximum Gasteiger partial charge on any atom is 0.0665 e. The van der Waals surface area contributed by atoms with E-state index in [4.69, 9.17) is 4.74 Å². The molecule has 0 radical (unpaired) electrons. The lowest BCUT2D eigenvalue weighted by Crippen LogP contribution is -2.39. The van der Waals surface area contributed by atoms with Gasteiger partial charge in [-0.2, -0.15) is 0 Å². The lowest BCUT2D eigenvalue weighted by Gasteiger charge is -2.39. The van der Waals surface area contributed by atoms with E-state index < -0.39 is 0 Å². The van der Waals surface area contributed by atoms with Crippen molar-refractivity contribution in [1.82, 2.24) is 0 Å². The molecule has 82 valence electrons. The molecule has 0 saturated heterocycles. The molecule has 1 aliphatic carbocycles. The summed E-state index contributed by atoms with van der Waals surface area (Å²) in [5, 5.41) is 0. The lowest BCUT2D eigenvalue weighted by molar-refractivity contribution is 0.0328. The van der Waals surface area contributed by atoms with Crippen molar-refractivity contribution in [2.24, 2.45) is 0 Å². The Kier molecular flexibility index (Phi) is 2.91. The van der Waals surface area contributed by atoms with E-state index in [-0.39, 0.29) is 5.41 Å². The van der Waals surface area contributed by atoms with Crippen molar-refractivity contribution in [2.45, 2.75) is 38.2 Å². The van der Waals surface area contributed by atoms with Crippen LogP contribution in [0, 0.1) is 0 Å². The molecule has 2 rings (SSSR count). The predicted octanol–water partition coefficient (Wildman–Crippen LogP) is 3.69. The van der Waals surface area contributed by atoms with E-state index in [1.54, 1.807) is 0 Å². The van der Waals surface area contributed by atoms with E-state index in [0.717, 1.165) is 12.8 Å². The summed E-state index contributed by atoms with van der Waals surface area (Å²) in [5.74, 6) is 0. The van der Waals surface area contributed by atoms with Gasteiger partial charge in [-0.25, -0.2) is 0 Å². The van der Waals surface area contributed by atoms with Crippen molar-refractivity contribution in [1.29, 1.82) is 0 Å². The van der Waals surface area contributed by atoms with Crippen LogP contribution in [0.2, 0.25) is 0 Å². The molecule has 0 N–H and O–H groups in total. The number of methoxy groups -OCH3 is 1. The molecule has 0 spiro atoms. The first-order valence-corrected chi connectivity index (χ1v) is 6.17. The third kappa shape index (κ3) is 1.74. The number of fused-ring (bicyclic) bond motifs is 1. The Labute approximate surface area is 100.0 Å². The molecule has 1 atom stereocenters. The summed E-state index contributed by atoms with van der Waals surface area (Å²) in [7, 11) is 1.81. The van der Waals surface area contributed by atoms with Crippen molar-refractivity contribution in [2.75, 3.05) is 7.11 Å². The van der Waals surface area contributed by atoms with E-state index in [2.05, 4.69) is 48.0 Å².